The van der Waals surface area contributed by atoms with Crippen LogP contribution in [0.1, 0.15) is 17.0 Å². The minimum atomic E-state index is -0.462. The van der Waals surface area contributed by atoms with Crippen LogP contribution < -0.4 is 20.5 Å². The first-order valence-electron chi connectivity index (χ1n) is 11.4. The molecule has 1 atom stereocenters. The standard InChI is InChI=1S/C25H26FN5O4/c1-14-10-20-21(34-13-14)6-7-22(29-20)31-12-16(35-25(31)33)11-27-9-8-17-18(26)4-5-19-23(17)30(3)24(32)15(2)28-19/h4-7,16,27H,1,8-13H2,2-3H3/t16-/m1/s1. The summed E-state index contributed by atoms with van der Waals surface area (Å²) >= 11 is 0. The number of amides is 1. The second-order valence-corrected chi connectivity index (χ2v) is 8.86. The Morgan fingerprint density at radius 2 is 2.06 bits per heavy atom. The van der Waals surface area contributed by atoms with Gasteiger partial charge in [0, 0.05) is 25.6 Å². The quantitative estimate of drug-likeness (QED) is 0.428. The Labute approximate surface area is 201 Å². The molecule has 2 aliphatic heterocycles. The topological polar surface area (TPSA) is 98.6 Å². The molecular weight excluding hydrogens is 453 g/mol. The van der Waals surface area contributed by atoms with Crippen LogP contribution in [-0.4, -0.2) is 53.0 Å². The van der Waals surface area contributed by atoms with Crippen LogP contribution in [0.3, 0.4) is 0 Å². The smallest absolute Gasteiger partial charge is 0.415 e. The van der Waals surface area contributed by atoms with E-state index < -0.39 is 6.09 Å². The Balaban J connectivity index is 1.22. The molecule has 2 aliphatic rings. The SMILES string of the molecule is C=C1COc2ccc(N3C[C@@H](CNCCc4c(F)ccc5nc(C)c(=O)n(C)c45)OC3=O)nc2C1. The van der Waals surface area contributed by atoms with E-state index in [-0.39, 0.29) is 17.5 Å². The minimum Gasteiger partial charge on any atom is -0.487 e. The number of nitrogens with zero attached hydrogens (tertiary/aromatic N) is 4. The van der Waals surface area contributed by atoms with Crippen molar-refractivity contribution in [1.82, 2.24) is 19.9 Å². The third-order valence-electron chi connectivity index (χ3n) is 6.28. The second kappa shape index (κ2) is 9.10. The molecule has 1 amide bonds. The minimum absolute atomic E-state index is 0.248. The Kier molecular flexibility index (Phi) is 5.98. The average Bonchev–Trinajstić information content (AvgIpc) is 3.21. The van der Waals surface area contributed by atoms with E-state index in [0.717, 1.165) is 11.3 Å². The summed E-state index contributed by atoms with van der Waals surface area (Å²) in [7, 11) is 1.62. The Hall–Kier alpha value is -3.79. The average molecular weight is 480 g/mol. The molecule has 0 bridgehead atoms. The van der Waals surface area contributed by atoms with Crippen LogP contribution in [-0.2, 0) is 24.6 Å². The van der Waals surface area contributed by atoms with E-state index in [1.165, 1.54) is 15.5 Å². The number of carbonyl (C=O) groups excluding carboxylic acids is 1. The maximum atomic E-state index is 14.6. The highest BCUT2D eigenvalue weighted by atomic mass is 19.1. The highest BCUT2D eigenvalue weighted by molar-refractivity contribution is 5.88. The number of rotatable bonds is 6. The fourth-order valence-corrected chi connectivity index (χ4v) is 4.52. The molecule has 0 aliphatic carbocycles. The summed E-state index contributed by atoms with van der Waals surface area (Å²) in [6.45, 7) is 7.24. The fourth-order valence-electron chi connectivity index (χ4n) is 4.52. The molecule has 4 heterocycles. The number of carbonyl (C=O) groups is 1. The van der Waals surface area contributed by atoms with Gasteiger partial charge in [0.2, 0.25) is 0 Å². The molecule has 5 rings (SSSR count). The molecular formula is C25H26FN5O4. The van der Waals surface area contributed by atoms with Crippen molar-refractivity contribution in [3.05, 3.63) is 69.5 Å². The van der Waals surface area contributed by atoms with Gasteiger partial charge < -0.3 is 19.4 Å². The lowest BCUT2D eigenvalue weighted by molar-refractivity contribution is 0.140. The van der Waals surface area contributed by atoms with Gasteiger partial charge in [-0.3, -0.25) is 9.69 Å². The van der Waals surface area contributed by atoms with Gasteiger partial charge in [0.15, 0.2) is 0 Å². The second-order valence-electron chi connectivity index (χ2n) is 8.86. The largest absolute Gasteiger partial charge is 0.487 e. The number of hydrogen-bond acceptors (Lipinski definition) is 7. The molecule has 1 saturated heterocycles. The molecule has 9 nitrogen and oxygen atoms in total. The molecule has 0 saturated carbocycles. The summed E-state index contributed by atoms with van der Waals surface area (Å²) in [5.41, 5.74) is 3.30. The van der Waals surface area contributed by atoms with Gasteiger partial charge in [0.25, 0.3) is 5.56 Å². The normalized spacial score (nSPS) is 17.5. The van der Waals surface area contributed by atoms with E-state index >= 15 is 0 Å². The molecule has 3 aromatic rings. The molecule has 0 unspecified atom stereocenters. The summed E-state index contributed by atoms with van der Waals surface area (Å²) in [6.07, 6.45) is 0.124. The van der Waals surface area contributed by atoms with Gasteiger partial charge in [-0.15, -0.1) is 0 Å². The summed E-state index contributed by atoms with van der Waals surface area (Å²) in [5.74, 6) is 0.829. The number of benzene rings is 1. The van der Waals surface area contributed by atoms with Crippen molar-refractivity contribution >= 4 is 22.9 Å². The van der Waals surface area contributed by atoms with Crippen molar-refractivity contribution in [1.29, 1.82) is 0 Å². The van der Waals surface area contributed by atoms with Crippen molar-refractivity contribution in [3.63, 3.8) is 0 Å². The van der Waals surface area contributed by atoms with Crippen LogP contribution in [0.25, 0.3) is 11.0 Å². The zero-order chi connectivity index (χ0) is 24.7. The molecule has 1 N–H and O–H groups in total. The number of ether oxygens (including phenoxy) is 2. The van der Waals surface area contributed by atoms with Crippen LogP contribution in [0.2, 0.25) is 0 Å². The first kappa shape index (κ1) is 23.0. The number of halogens is 1. The van der Waals surface area contributed by atoms with Crippen LogP contribution in [0.15, 0.2) is 41.2 Å². The number of cyclic esters (lactones) is 1. The highest BCUT2D eigenvalue weighted by Gasteiger charge is 2.33. The van der Waals surface area contributed by atoms with Gasteiger partial charge in [0.1, 0.15) is 35.8 Å². The van der Waals surface area contributed by atoms with Gasteiger partial charge in [-0.05, 0) is 49.7 Å². The van der Waals surface area contributed by atoms with Crippen molar-refractivity contribution in [2.75, 3.05) is 31.1 Å². The number of anilines is 1. The van der Waals surface area contributed by atoms with Crippen molar-refractivity contribution < 1.29 is 18.7 Å². The lowest BCUT2D eigenvalue weighted by atomic mass is 10.1. The summed E-state index contributed by atoms with van der Waals surface area (Å²) < 4.78 is 27.2. The van der Waals surface area contributed by atoms with Crippen molar-refractivity contribution in [3.8, 4) is 5.75 Å². The molecule has 2 aromatic heterocycles. The number of nitrogens with one attached hydrogen (secondary N) is 1. The third kappa shape index (κ3) is 4.37. The monoisotopic (exact) mass is 479 g/mol. The lowest BCUT2D eigenvalue weighted by Gasteiger charge is -2.20. The van der Waals surface area contributed by atoms with Gasteiger partial charge >= 0.3 is 6.09 Å². The highest BCUT2D eigenvalue weighted by Crippen LogP contribution is 2.29. The predicted molar refractivity (Wildman–Crippen MR) is 128 cm³/mol. The first-order chi connectivity index (χ1) is 16.8. The van der Waals surface area contributed by atoms with E-state index in [2.05, 4.69) is 21.9 Å². The summed E-state index contributed by atoms with van der Waals surface area (Å²) in [4.78, 5) is 35.1. The van der Waals surface area contributed by atoms with Gasteiger partial charge in [0.05, 0.1) is 23.3 Å². The number of hydrogen-bond donors (Lipinski definition) is 1. The molecule has 35 heavy (non-hydrogen) atoms. The van der Waals surface area contributed by atoms with E-state index in [1.807, 2.05) is 6.07 Å². The van der Waals surface area contributed by atoms with E-state index in [0.29, 0.717) is 72.9 Å². The van der Waals surface area contributed by atoms with E-state index in [4.69, 9.17) is 9.47 Å². The van der Waals surface area contributed by atoms with Crippen LogP contribution >= 0.6 is 0 Å². The van der Waals surface area contributed by atoms with E-state index in [9.17, 15) is 14.0 Å². The maximum Gasteiger partial charge on any atom is 0.415 e. The maximum absolute atomic E-state index is 14.6. The molecule has 0 radical (unpaired) electrons. The first-order valence-corrected chi connectivity index (χ1v) is 11.4. The van der Waals surface area contributed by atoms with E-state index in [1.54, 1.807) is 26.1 Å². The Morgan fingerprint density at radius 1 is 1.23 bits per heavy atom. The number of aryl methyl sites for hydroxylation is 2. The molecule has 10 heteroatoms. The van der Waals surface area contributed by atoms with Crippen LogP contribution in [0.4, 0.5) is 15.0 Å². The molecule has 1 aromatic carbocycles. The molecule has 1 fully saturated rings. The van der Waals surface area contributed by atoms with Crippen LogP contribution in [0.5, 0.6) is 5.75 Å². The summed E-state index contributed by atoms with van der Waals surface area (Å²) in [5, 5.41) is 3.23. The Bertz CT molecular complexity index is 1400. The lowest BCUT2D eigenvalue weighted by Crippen LogP contribution is -2.32. The van der Waals surface area contributed by atoms with Gasteiger partial charge in [-0.2, -0.15) is 0 Å². The van der Waals surface area contributed by atoms with Crippen LogP contribution in [0, 0.1) is 12.7 Å². The van der Waals surface area contributed by atoms with Crippen molar-refractivity contribution in [2.24, 2.45) is 7.05 Å². The zero-order valence-corrected chi connectivity index (χ0v) is 19.6. The summed E-state index contributed by atoms with van der Waals surface area (Å²) in [6, 6.07) is 6.51. The van der Waals surface area contributed by atoms with Gasteiger partial charge in [-0.25, -0.2) is 19.2 Å². The fraction of sp³-hybridized carbons (Fsp3) is 0.360. The third-order valence-corrected chi connectivity index (χ3v) is 6.28. The molecule has 0 spiro atoms. The van der Waals surface area contributed by atoms with Crippen molar-refractivity contribution in [2.45, 2.75) is 25.9 Å². The number of pyridine rings is 1. The van der Waals surface area contributed by atoms with Gasteiger partial charge in [-0.1, -0.05) is 6.58 Å². The number of fused-ring (bicyclic) bond motifs is 2. The number of aromatic nitrogens is 3. The zero-order valence-electron chi connectivity index (χ0n) is 19.6. The predicted octanol–water partition coefficient (Wildman–Crippen LogP) is 2.42. The Morgan fingerprint density at radius 3 is 2.89 bits per heavy atom. The molecule has 182 valence electrons.